The summed E-state index contributed by atoms with van der Waals surface area (Å²) in [5, 5.41) is 8.86. The van der Waals surface area contributed by atoms with Crippen molar-refractivity contribution in [2.45, 2.75) is 27.2 Å². The maximum Gasteiger partial charge on any atom is 0.235 e. The van der Waals surface area contributed by atoms with Crippen LogP contribution >= 0.6 is 0 Å². The summed E-state index contributed by atoms with van der Waals surface area (Å²) in [4.78, 5) is 23.6. The number of aryl methyl sites for hydroxylation is 3. The number of aromatic nitrogens is 1. The van der Waals surface area contributed by atoms with Gasteiger partial charge in [-0.1, -0.05) is 17.3 Å². The number of anilines is 2. The summed E-state index contributed by atoms with van der Waals surface area (Å²) in [7, 11) is 0. The molecule has 0 atom stereocenters. The van der Waals surface area contributed by atoms with Gasteiger partial charge in [0.2, 0.25) is 11.8 Å². The Hall–Kier alpha value is -2.63. The predicted molar refractivity (Wildman–Crippen MR) is 79.0 cm³/mol. The van der Waals surface area contributed by atoms with Crippen LogP contribution in [-0.2, 0) is 9.59 Å². The van der Waals surface area contributed by atoms with Crippen molar-refractivity contribution >= 4 is 23.3 Å². The molecule has 21 heavy (non-hydrogen) atoms. The number of nitrogens with zero attached hydrogens (tertiary/aromatic N) is 1. The maximum absolute atomic E-state index is 11.9. The van der Waals surface area contributed by atoms with E-state index in [-0.39, 0.29) is 12.3 Å². The van der Waals surface area contributed by atoms with Gasteiger partial charge in [0.05, 0.1) is 0 Å². The number of rotatable bonds is 4. The normalized spacial score (nSPS) is 10.2. The molecule has 1 aromatic carbocycles. The van der Waals surface area contributed by atoms with Gasteiger partial charge < -0.3 is 15.2 Å². The van der Waals surface area contributed by atoms with Crippen LogP contribution in [0.15, 0.2) is 28.8 Å². The minimum absolute atomic E-state index is 0.278. The molecular weight excluding hydrogens is 270 g/mol. The molecule has 2 amide bonds. The summed E-state index contributed by atoms with van der Waals surface area (Å²) in [6.07, 6.45) is -0.278. The second-order valence-corrected chi connectivity index (χ2v) is 4.91. The lowest BCUT2D eigenvalue weighted by molar-refractivity contribution is -0.123. The third-order valence-electron chi connectivity index (χ3n) is 2.88. The maximum atomic E-state index is 11.9. The highest BCUT2D eigenvalue weighted by molar-refractivity contribution is 6.08. The number of amides is 2. The van der Waals surface area contributed by atoms with Crippen LogP contribution < -0.4 is 10.6 Å². The van der Waals surface area contributed by atoms with E-state index in [1.165, 1.54) is 0 Å². The third kappa shape index (κ3) is 4.17. The van der Waals surface area contributed by atoms with Crippen molar-refractivity contribution in [2.24, 2.45) is 0 Å². The molecule has 0 aliphatic carbocycles. The fraction of sp³-hybridized carbons (Fsp3) is 0.267. The quantitative estimate of drug-likeness (QED) is 0.846. The molecule has 2 N–H and O–H groups in total. The second kappa shape index (κ2) is 6.21. The Balaban J connectivity index is 1.92. The molecular formula is C15H17N3O3. The lowest BCUT2D eigenvalue weighted by Crippen LogP contribution is -2.21. The number of carbonyl (C=O) groups excluding carboxylic acids is 2. The Morgan fingerprint density at radius 1 is 1.10 bits per heavy atom. The van der Waals surface area contributed by atoms with E-state index < -0.39 is 5.91 Å². The van der Waals surface area contributed by atoms with Crippen LogP contribution in [0.5, 0.6) is 0 Å². The molecule has 0 radical (unpaired) electrons. The SMILES string of the molecule is Cc1ccc(C)c(NC(=O)CC(=O)Nc2cc(C)on2)c1. The molecule has 0 aliphatic heterocycles. The van der Waals surface area contributed by atoms with Gasteiger partial charge in [0, 0.05) is 11.8 Å². The van der Waals surface area contributed by atoms with Crippen LogP contribution in [0.3, 0.4) is 0 Å². The molecule has 0 fully saturated rings. The molecule has 110 valence electrons. The molecule has 0 saturated heterocycles. The lowest BCUT2D eigenvalue weighted by Gasteiger charge is -2.09. The highest BCUT2D eigenvalue weighted by atomic mass is 16.5. The van der Waals surface area contributed by atoms with Gasteiger partial charge in [-0.25, -0.2) is 0 Å². The van der Waals surface area contributed by atoms with E-state index in [0.717, 1.165) is 11.1 Å². The summed E-state index contributed by atoms with van der Waals surface area (Å²) < 4.78 is 4.83. The van der Waals surface area contributed by atoms with Crippen molar-refractivity contribution in [3.8, 4) is 0 Å². The Morgan fingerprint density at radius 2 is 1.81 bits per heavy atom. The standard InChI is InChI=1S/C15H17N3O3/c1-9-4-5-10(2)12(6-9)16-14(19)8-15(20)17-13-7-11(3)21-18-13/h4-7H,8H2,1-3H3,(H,16,19)(H,17,18,20). The number of hydrogen-bond donors (Lipinski definition) is 2. The van der Waals surface area contributed by atoms with E-state index in [0.29, 0.717) is 17.3 Å². The Bertz CT molecular complexity index is 677. The van der Waals surface area contributed by atoms with E-state index in [9.17, 15) is 9.59 Å². The van der Waals surface area contributed by atoms with Crippen LogP contribution in [0.1, 0.15) is 23.3 Å². The van der Waals surface area contributed by atoms with Crippen molar-refractivity contribution in [1.29, 1.82) is 0 Å². The highest BCUT2D eigenvalue weighted by Crippen LogP contribution is 2.16. The summed E-state index contributed by atoms with van der Waals surface area (Å²) in [5.41, 5.74) is 2.70. The summed E-state index contributed by atoms with van der Waals surface area (Å²) in [6, 6.07) is 7.33. The molecule has 2 aromatic rings. The summed E-state index contributed by atoms with van der Waals surface area (Å²) in [5.74, 6) is 0.0784. The topological polar surface area (TPSA) is 84.2 Å². The molecule has 0 saturated carbocycles. The van der Waals surface area contributed by atoms with Gasteiger partial charge in [0.15, 0.2) is 5.82 Å². The fourth-order valence-electron chi connectivity index (χ4n) is 1.82. The highest BCUT2D eigenvalue weighted by Gasteiger charge is 2.12. The van der Waals surface area contributed by atoms with Crippen molar-refractivity contribution in [3.63, 3.8) is 0 Å². The van der Waals surface area contributed by atoms with E-state index in [4.69, 9.17) is 4.52 Å². The lowest BCUT2D eigenvalue weighted by atomic mass is 10.1. The zero-order valence-electron chi connectivity index (χ0n) is 12.2. The molecule has 2 rings (SSSR count). The first-order valence-corrected chi connectivity index (χ1v) is 6.54. The molecule has 0 unspecified atom stereocenters. The molecule has 0 aliphatic rings. The molecule has 6 heteroatoms. The summed E-state index contributed by atoms with van der Waals surface area (Å²) in [6.45, 7) is 5.55. The molecule has 0 bridgehead atoms. The van der Waals surface area contributed by atoms with E-state index in [1.807, 2.05) is 32.0 Å². The van der Waals surface area contributed by atoms with E-state index in [2.05, 4.69) is 15.8 Å². The zero-order valence-corrected chi connectivity index (χ0v) is 12.2. The Labute approximate surface area is 122 Å². The zero-order chi connectivity index (χ0) is 15.4. The minimum Gasteiger partial charge on any atom is -0.360 e. The first-order chi connectivity index (χ1) is 9.94. The van der Waals surface area contributed by atoms with Gasteiger partial charge in [-0.05, 0) is 38.0 Å². The van der Waals surface area contributed by atoms with Crippen molar-refractivity contribution in [2.75, 3.05) is 10.6 Å². The first kappa shape index (κ1) is 14.8. The monoisotopic (exact) mass is 287 g/mol. The van der Waals surface area contributed by atoms with Gasteiger partial charge in [-0.2, -0.15) is 0 Å². The van der Waals surface area contributed by atoms with E-state index >= 15 is 0 Å². The minimum atomic E-state index is -0.439. The average molecular weight is 287 g/mol. The third-order valence-corrected chi connectivity index (χ3v) is 2.88. The van der Waals surface area contributed by atoms with E-state index in [1.54, 1.807) is 13.0 Å². The Kier molecular flexibility index (Phi) is 4.37. The molecule has 1 aromatic heterocycles. The Morgan fingerprint density at radius 3 is 2.48 bits per heavy atom. The van der Waals surface area contributed by atoms with Gasteiger partial charge in [0.1, 0.15) is 12.2 Å². The first-order valence-electron chi connectivity index (χ1n) is 6.54. The van der Waals surface area contributed by atoms with Crippen LogP contribution in [-0.4, -0.2) is 17.0 Å². The largest absolute Gasteiger partial charge is 0.360 e. The van der Waals surface area contributed by atoms with Crippen molar-refractivity contribution in [3.05, 3.63) is 41.2 Å². The molecule has 1 heterocycles. The van der Waals surface area contributed by atoms with Crippen LogP contribution in [0.25, 0.3) is 0 Å². The molecule has 0 spiro atoms. The smallest absolute Gasteiger partial charge is 0.235 e. The van der Waals surface area contributed by atoms with Gasteiger partial charge >= 0.3 is 0 Å². The van der Waals surface area contributed by atoms with Crippen LogP contribution in [0.4, 0.5) is 11.5 Å². The van der Waals surface area contributed by atoms with Crippen LogP contribution in [0, 0.1) is 20.8 Å². The van der Waals surface area contributed by atoms with Gasteiger partial charge in [-0.3, -0.25) is 9.59 Å². The number of nitrogens with one attached hydrogen (secondary N) is 2. The fourth-order valence-corrected chi connectivity index (χ4v) is 1.82. The van der Waals surface area contributed by atoms with Crippen LogP contribution in [0.2, 0.25) is 0 Å². The van der Waals surface area contributed by atoms with Crippen molar-refractivity contribution in [1.82, 2.24) is 5.16 Å². The molecule has 6 nitrogen and oxygen atoms in total. The number of carbonyl (C=O) groups is 2. The number of benzene rings is 1. The van der Waals surface area contributed by atoms with Crippen molar-refractivity contribution < 1.29 is 14.1 Å². The number of hydrogen-bond acceptors (Lipinski definition) is 4. The predicted octanol–water partition coefficient (Wildman–Crippen LogP) is 2.57. The summed E-state index contributed by atoms with van der Waals surface area (Å²) >= 11 is 0. The van der Waals surface area contributed by atoms with Gasteiger partial charge in [0.25, 0.3) is 0 Å². The average Bonchev–Trinajstić information content (AvgIpc) is 2.79. The second-order valence-electron chi connectivity index (χ2n) is 4.91. The van der Waals surface area contributed by atoms with Gasteiger partial charge in [-0.15, -0.1) is 0 Å².